The normalized spacial score (nSPS) is 31.1. The molecule has 0 spiro atoms. The van der Waals surface area contributed by atoms with Crippen LogP contribution in [0.15, 0.2) is 30.3 Å². The number of nitrogens with zero attached hydrogens (tertiary/aromatic N) is 1. The highest BCUT2D eigenvalue weighted by molar-refractivity contribution is 8.01. The van der Waals surface area contributed by atoms with E-state index in [9.17, 15) is 4.79 Å². The Kier molecular flexibility index (Phi) is 3.57. The summed E-state index contributed by atoms with van der Waals surface area (Å²) in [6.45, 7) is 3.10. The molecule has 2 heterocycles. The number of carbonyl (C=O) groups excluding carboxylic acids is 1. The van der Waals surface area contributed by atoms with Gasteiger partial charge in [-0.05, 0) is 43.9 Å². The summed E-state index contributed by atoms with van der Waals surface area (Å²) in [6.07, 6.45) is 4.40. The van der Waals surface area contributed by atoms with Gasteiger partial charge in [-0.25, -0.2) is 0 Å². The van der Waals surface area contributed by atoms with Crippen LogP contribution >= 0.6 is 11.8 Å². The van der Waals surface area contributed by atoms with Gasteiger partial charge in [0.25, 0.3) is 0 Å². The second-order valence-electron chi connectivity index (χ2n) is 5.82. The first kappa shape index (κ1) is 13.0. The van der Waals surface area contributed by atoms with Gasteiger partial charge in [0, 0.05) is 12.6 Å². The smallest absolute Gasteiger partial charge is 0.239 e. The van der Waals surface area contributed by atoms with E-state index in [-0.39, 0.29) is 4.75 Å². The largest absolute Gasteiger partial charge is 0.338 e. The van der Waals surface area contributed by atoms with Crippen LogP contribution in [-0.4, -0.2) is 33.9 Å². The number of fused-ring (bicyclic) bond motifs is 1. The predicted octanol–water partition coefficient (Wildman–Crippen LogP) is 3.12. The molecule has 2 aliphatic rings. The van der Waals surface area contributed by atoms with Crippen LogP contribution in [0.5, 0.6) is 0 Å². The van der Waals surface area contributed by atoms with Gasteiger partial charge in [0.15, 0.2) is 0 Å². The van der Waals surface area contributed by atoms with Crippen LogP contribution in [0.3, 0.4) is 0 Å². The molecule has 1 amide bonds. The molecule has 3 heteroatoms. The van der Waals surface area contributed by atoms with Gasteiger partial charge in [-0.1, -0.05) is 30.3 Å². The molecule has 0 saturated carbocycles. The van der Waals surface area contributed by atoms with E-state index in [1.807, 2.05) is 17.8 Å². The molecule has 0 N–H and O–H groups in total. The first-order valence-electron chi connectivity index (χ1n) is 7.18. The van der Waals surface area contributed by atoms with E-state index in [2.05, 4.69) is 36.1 Å². The highest BCUT2D eigenvalue weighted by atomic mass is 32.2. The van der Waals surface area contributed by atoms with Crippen LogP contribution in [-0.2, 0) is 11.2 Å². The molecule has 1 aromatic rings. The van der Waals surface area contributed by atoms with E-state index in [0.29, 0.717) is 11.9 Å². The zero-order valence-electron chi connectivity index (χ0n) is 11.5. The zero-order valence-corrected chi connectivity index (χ0v) is 12.3. The molecule has 2 atom stereocenters. The van der Waals surface area contributed by atoms with Gasteiger partial charge in [0.05, 0.1) is 4.75 Å². The quantitative estimate of drug-likeness (QED) is 0.826. The predicted molar refractivity (Wildman–Crippen MR) is 80.4 cm³/mol. The lowest BCUT2D eigenvalue weighted by Gasteiger charge is -2.31. The van der Waals surface area contributed by atoms with Gasteiger partial charge in [0.2, 0.25) is 5.91 Å². The molecule has 3 rings (SSSR count). The van der Waals surface area contributed by atoms with E-state index in [1.165, 1.54) is 24.8 Å². The summed E-state index contributed by atoms with van der Waals surface area (Å²) in [6, 6.07) is 10.9. The molecule has 2 nitrogen and oxygen atoms in total. The molecule has 19 heavy (non-hydrogen) atoms. The Morgan fingerprint density at radius 3 is 2.89 bits per heavy atom. The summed E-state index contributed by atoms with van der Waals surface area (Å²) in [4.78, 5) is 15.0. The van der Waals surface area contributed by atoms with Crippen molar-refractivity contribution in [2.75, 3.05) is 12.3 Å². The molecule has 0 bridgehead atoms. The number of hydrogen-bond donors (Lipinski definition) is 0. The minimum Gasteiger partial charge on any atom is -0.338 e. The Balaban J connectivity index is 1.83. The van der Waals surface area contributed by atoms with Crippen molar-refractivity contribution in [1.29, 1.82) is 0 Å². The number of amides is 1. The van der Waals surface area contributed by atoms with Crippen LogP contribution < -0.4 is 0 Å². The Labute approximate surface area is 119 Å². The molecule has 2 aliphatic heterocycles. The topological polar surface area (TPSA) is 20.3 Å². The van der Waals surface area contributed by atoms with Crippen molar-refractivity contribution in [3.8, 4) is 0 Å². The fraction of sp³-hybridized carbons (Fsp3) is 0.562. The molecule has 2 saturated heterocycles. The van der Waals surface area contributed by atoms with Gasteiger partial charge in [0.1, 0.15) is 0 Å². The van der Waals surface area contributed by atoms with Crippen LogP contribution in [0.4, 0.5) is 0 Å². The summed E-state index contributed by atoms with van der Waals surface area (Å²) in [5.74, 6) is 1.47. The fourth-order valence-corrected chi connectivity index (χ4v) is 4.65. The molecule has 102 valence electrons. The fourth-order valence-electron chi connectivity index (χ4n) is 3.30. The molecular formula is C16H21NOS. The first-order chi connectivity index (χ1) is 9.19. The van der Waals surface area contributed by atoms with E-state index < -0.39 is 0 Å². The van der Waals surface area contributed by atoms with Crippen molar-refractivity contribution in [2.24, 2.45) is 0 Å². The van der Waals surface area contributed by atoms with E-state index >= 15 is 0 Å². The zero-order chi connectivity index (χ0) is 13.3. The molecule has 0 unspecified atom stereocenters. The monoisotopic (exact) mass is 275 g/mol. The summed E-state index contributed by atoms with van der Waals surface area (Å²) in [5.41, 5.74) is 1.27. The SMILES string of the molecule is C[C@]1(Cc2ccccc2)SCC[C@@H]2CCCN2C1=O. The number of hydrogen-bond acceptors (Lipinski definition) is 2. The Morgan fingerprint density at radius 1 is 1.32 bits per heavy atom. The average Bonchev–Trinajstić information content (AvgIpc) is 2.83. The molecule has 0 aliphatic carbocycles. The number of thioether (sulfide) groups is 1. The second kappa shape index (κ2) is 5.20. The van der Waals surface area contributed by atoms with Gasteiger partial charge in [-0.3, -0.25) is 4.79 Å². The third kappa shape index (κ3) is 2.53. The van der Waals surface area contributed by atoms with E-state index in [4.69, 9.17) is 0 Å². The van der Waals surface area contributed by atoms with Crippen LogP contribution in [0.1, 0.15) is 31.7 Å². The minimum absolute atomic E-state index is 0.277. The third-order valence-electron chi connectivity index (χ3n) is 4.35. The van der Waals surface area contributed by atoms with Crippen LogP contribution in [0, 0.1) is 0 Å². The maximum Gasteiger partial charge on any atom is 0.239 e. The van der Waals surface area contributed by atoms with Crippen molar-refractivity contribution in [3.63, 3.8) is 0 Å². The van der Waals surface area contributed by atoms with Crippen molar-refractivity contribution in [1.82, 2.24) is 4.90 Å². The highest BCUT2D eigenvalue weighted by Gasteiger charge is 2.43. The number of carbonyl (C=O) groups is 1. The maximum atomic E-state index is 12.9. The molecule has 2 fully saturated rings. The van der Waals surface area contributed by atoms with Gasteiger partial charge in [-0.2, -0.15) is 0 Å². The lowest BCUT2D eigenvalue weighted by atomic mass is 9.98. The number of rotatable bonds is 2. The van der Waals surface area contributed by atoms with Crippen molar-refractivity contribution in [3.05, 3.63) is 35.9 Å². The standard InChI is InChI=1S/C16H21NOS/c1-16(12-13-6-3-2-4-7-13)15(18)17-10-5-8-14(17)9-11-19-16/h2-4,6-7,14H,5,8-12H2,1H3/t14-,16+/m0/s1. The van der Waals surface area contributed by atoms with Gasteiger partial charge < -0.3 is 4.90 Å². The number of benzene rings is 1. The second-order valence-corrected chi connectivity index (χ2v) is 7.42. The summed E-state index contributed by atoms with van der Waals surface area (Å²) < 4.78 is -0.277. The summed E-state index contributed by atoms with van der Waals surface area (Å²) in [7, 11) is 0. The molecule has 1 aromatic carbocycles. The first-order valence-corrected chi connectivity index (χ1v) is 8.16. The van der Waals surface area contributed by atoms with E-state index in [0.717, 1.165) is 18.7 Å². The summed E-state index contributed by atoms with van der Waals surface area (Å²) in [5, 5.41) is 0. The third-order valence-corrected chi connectivity index (χ3v) is 5.74. The van der Waals surface area contributed by atoms with Gasteiger partial charge >= 0.3 is 0 Å². The molecular weight excluding hydrogens is 254 g/mol. The van der Waals surface area contributed by atoms with E-state index in [1.54, 1.807) is 0 Å². The Hall–Kier alpha value is -0.960. The van der Waals surface area contributed by atoms with Crippen molar-refractivity contribution < 1.29 is 4.79 Å². The summed E-state index contributed by atoms with van der Waals surface area (Å²) >= 11 is 1.85. The maximum absolute atomic E-state index is 12.9. The Morgan fingerprint density at radius 2 is 2.11 bits per heavy atom. The van der Waals surface area contributed by atoms with Crippen LogP contribution in [0.2, 0.25) is 0 Å². The van der Waals surface area contributed by atoms with Crippen LogP contribution in [0.25, 0.3) is 0 Å². The Bertz CT molecular complexity index is 461. The minimum atomic E-state index is -0.277. The lowest BCUT2D eigenvalue weighted by Crippen LogP contribution is -2.46. The van der Waals surface area contributed by atoms with Crippen molar-refractivity contribution >= 4 is 17.7 Å². The lowest BCUT2D eigenvalue weighted by molar-refractivity contribution is -0.133. The average molecular weight is 275 g/mol. The molecule has 0 aromatic heterocycles. The van der Waals surface area contributed by atoms with Crippen molar-refractivity contribution in [2.45, 2.75) is 43.4 Å². The van der Waals surface area contributed by atoms with Gasteiger partial charge in [-0.15, -0.1) is 11.8 Å². The molecule has 0 radical (unpaired) electrons. The highest BCUT2D eigenvalue weighted by Crippen LogP contribution is 2.38.